The van der Waals surface area contributed by atoms with E-state index in [1.165, 1.54) is 18.2 Å². The van der Waals surface area contributed by atoms with Crippen molar-refractivity contribution in [1.29, 1.82) is 0 Å². The van der Waals surface area contributed by atoms with Gasteiger partial charge < -0.3 is 15.8 Å². The van der Waals surface area contributed by atoms with E-state index < -0.39 is 17.2 Å². The minimum atomic E-state index is -0.877. The van der Waals surface area contributed by atoms with Gasteiger partial charge in [0.25, 0.3) is 0 Å². The number of carbonyl (C=O) groups excluding carboxylic acids is 1. The number of piperidine rings is 1. The molecule has 1 amide bonds. The van der Waals surface area contributed by atoms with Crippen LogP contribution in [0.15, 0.2) is 18.2 Å². The maximum atomic E-state index is 13.8. The molecule has 0 radical (unpaired) electrons. The Morgan fingerprint density at radius 2 is 1.89 bits per heavy atom. The van der Waals surface area contributed by atoms with E-state index in [9.17, 15) is 13.6 Å². The Bertz CT molecular complexity index is 610. The van der Waals surface area contributed by atoms with Gasteiger partial charge in [0, 0.05) is 37.9 Å². The highest BCUT2D eigenvalue weighted by atomic mass is 35.5. The van der Waals surface area contributed by atoms with Gasteiger partial charge in [0.2, 0.25) is 5.91 Å². The Morgan fingerprint density at radius 1 is 1.26 bits per heavy atom. The number of hydrogen-bond acceptors (Lipinski definition) is 4. The molecule has 1 aromatic carbocycles. The first-order chi connectivity index (χ1) is 12.0. The minimum Gasteiger partial charge on any atom is -0.381 e. The molecular formula is C18H27Cl2F2N3O2. The van der Waals surface area contributed by atoms with E-state index in [1.54, 1.807) is 0 Å². The molecule has 1 aromatic rings. The first kappa shape index (κ1) is 24.0. The monoisotopic (exact) mass is 425 g/mol. The average molecular weight is 426 g/mol. The van der Waals surface area contributed by atoms with E-state index >= 15 is 0 Å². The van der Waals surface area contributed by atoms with E-state index in [0.717, 1.165) is 19.4 Å². The second-order valence-electron chi connectivity index (χ2n) is 7.02. The Balaban J connectivity index is 0.00000182. The van der Waals surface area contributed by atoms with Crippen LogP contribution in [0.2, 0.25) is 0 Å². The number of benzene rings is 1. The van der Waals surface area contributed by atoms with Crippen molar-refractivity contribution in [2.45, 2.75) is 43.8 Å². The van der Waals surface area contributed by atoms with Crippen LogP contribution in [0.5, 0.6) is 0 Å². The molecule has 0 aromatic heterocycles. The molecule has 154 valence electrons. The van der Waals surface area contributed by atoms with Crippen molar-refractivity contribution >= 4 is 30.7 Å². The van der Waals surface area contributed by atoms with Crippen LogP contribution in [0.3, 0.4) is 0 Å². The van der Waals surface area contributed by atoms with E-state index in [0.29, 0.717) is 32.6 Å². The van der Waals surface area contributed by atoms with Gasteiger partial charge in [0.1, 0.15) is 11.6 Å². The number of rotatable bonds is 4. The summed E-state index contributed by atoms with van der Waals surface area (Å²) in [6.07, 6.45) is 2.72. The topological polar surface area (TPSA) is 67.6 Å². The summed E-state index contributed by atoms with van der Waals surface area (Å²) in [4.78, 5) is 14.5. The molecule has 0 saturated carbocycles. The smallest absolute Gasteiger partial charge is 0.240 e. The van der Waals surface area contributed by atoms with E-state index in [2.05, 4.69) is 5.32 Å². The summed E-state index contributed by atoms with van der Waals surface area (Å²) in [5, 5.41) is 3.03. The van der Waals surface area contributed by atoms with E-state index in [-0.39, 0.29) is 48.9 Å². The first-order valence-electron chi connectivity index (χ1n) is 8.81. The molecule has 3 rings (SSSR count). The van der Waals surface area contributed by atoms with Gasteiger partial charge >= 0.3 is 0 Å². The van der Waals surface area contributed by atoms with Crippen LogP contribution >= 0.6 is 24.8 Å². The first-order valence-corrected chi connectivity index (χ1v) is 8.81. The van der Waals surface area contributed by atoms with Crippen LogP contribution < -0.4 is 11.1 Å². The quantitative estimate of drug-likeness (QED) is 0.776. The van der Waals surface area contributed by atoms with Crippen molar-refractivity contribution in [2.24, 2.45) is 5.73 Å². The highest BCUT2D eigenvalue weighted by molar-refractivity contribution is 5.86. The third-order valence-corrected chi connectivity index (χ3v) is 5.12. The summed E-state index contributed by atoms with van der Waals surface area (Å²) in [7, 11) is 0. The van der Waals surface area contributed by atoms with Gasteiger partial charge in [-0.25, -0.2) is 8.78 Å². The summed E-state index contributed by atoms with van der Waals surface area (Å²) in [6, 6.07) is 3.84. The molecule has 27 heavy (non-hydrogen) atoms. The van der Waals surface area contributed by atoms with Crippen molar-refractivity contribution in [1.82, 2.24) is 10.2 Å². The lowest BCUT2D eigenvalue weighted by Gasteiger charge is -2.37. The molecule has 1 unspecified atom stereocenters. The fourth-order valence-corrected chi connectivity index (χ4v) is 3.52. The number of amides is 1. The van der Waals surface area contributed by atoms with E-state index in [1.807, 2.05) is 4.90 Å². The normalized spacial score (nSPS) is 22.3. The predicted molar refractivity (Wildman–Crippen MR) is 104 cm³/mol. The maximum absolute atomic E-state index is 13.8. The summed E-state index contributed by atoms with van der Waals surface area (Å²) < 4.78 is 33.0. The van der Waals surface area contributed by atoms with E-state index in [4.69, 9.17) is 10.5 Å². The third kappa shape index (κ3) is 5.99. The SMILES string of the molecule is Cl.Cl.NC1(C(=O)NC2CCCN(Cc3c(F)cccc3F)C2)CCOCC1. The second kappa shape index (κ2) is 10.5. The Hall–Kier alpha value is -0.990. The van der Waals surface area contributed by atoms with Crippen LogP contribution in [0.1, 0.15) is 31.2 Å². The Kier molecular flexibility index (Phi) is 9.38. The van der Waals surface area contributed by atoms with Gasteiger partial charge in [-0.05, 0) is 44.4 Å². The molecule has 9 heteroatoms. The largest absolute Gasteiger partial charge is 0.381 e. The lowest BCUT2D eigenvalue weighted by atomic mass is 9.89. The van der Waals surface area contributed by atoms with Crippen molar-refractivity contribution in [3.8, 4) is 0 Å². The third-order valence-electron chi connectivity index (χ3n) is 5.12. The lowest BCUT2D eigenvalue weighted by Crippen LogP contribution is -2.60. The molecule has 2 fully saturated rings. The number of hydrogen-bond donors (Lipinski definition) is 2. The van der Waals surface area contributed by atoms with Crippen molar-refractivity contribution in [3.63, 3.8) is 0 Å². The molecule has 5 nitrogen and oxygen atoms in total. The standard InChI is InChI=1S/C18H25F2N3O2.2ClH/c19-15-4-1-5-16(20)14(15)12-23-8-2-3-13(11-23)22-17(24)18(21)6-9-25-10-7-18;;/h1,4-5,13H,2-3,6-12,21H2,(H,22,24);2*1H. The average Bonchev–Trinajstić information content (AvgIpc) is 2.59. The van der Waals surface area contributed by atoms with Crippen LogP contribution in [-0.4, -0.2) is 48.7 Å². The highest BCUT2D eigenvalue weighted by Crippen LogP contribution is 2.21. The molecule has 0 spiro atoms. The van der Waals surface area contributed by atoms with Gasteiger partial charge in [-0.3, -0.25) is 9.69 Å². The number of carbonyl (C=O) groups is 1. The van der Waals surface area contributed by atoms with Crippen molar-refractivity contribution < 1.29 is 18.3 Å². The fourth-order valence-electron chi connectivity index (χ4n) is 3.52. The minimum absolute atomic E-state index is 0. The maximum Gasteiger partial charge on any atom is 0.240 e. The van der Waals surface area contributed by atoms with Crippen LogP contribution in [0.4, 0.5) is 8.78 Å². The number of halogens is 4. The summed E-state index contributed by atoms with van der Waals surface area (Å²) >= 11 is 0. The number of nitrogens with one attached hydrogen (secondary N) is 1. The Morgan fingerprint density at radius 3 is 2.52 bits per heavy atom. The lowest BCUT2D eigenvalue weighted by molar-refractivity contribution is -0.130. The number of likely N-dealkylation sites (tertiary alicyclic amines) is 1. The van der Waals surface area contributed by atoms with Crippen LogP contribution in [-0.2, 0) is 16.1 Å². The van der Waals surface area contributed by atoms with Crippen molar-refractivity contribution in [3.05, 3.63) is 35.4 Å². The number of ether oxygens (including phenoxy) is 1. The zero-order valence-corrected chi connectivity index (χ0v) is 16.7. The summed E-state index contributed by atoms with van der Waals surface area (Å²) in [5.74, 6) is -1.22. The Labute approximate surface area is 170 Å². The second-order valence-corrected chi connectivity index (χ2v) is 7.02. The molecule has 2 aliphatic rings. The fraction of sp³-hybridized carbons (Fsp3) is 0.611. The number of nitrogens with two attached hydrogens (primary N) is 1. The van der Waals surface area contributed by atoms with Gasteiger partial charge in [-0.1, -0.05) is 6.07 Å². The molecule has 0 bridgehead atoms. The molecule has 0 aliphatic carbocycles. The molecular weight excluding hydrogens is 399 g/mol. The summed E-state index contributed by atoms with van der Waals surface area (Å²) in [5.41, 5.74) is 5.41. The van der Waals surface area contributed by atoms with Gasteiger partial charge in [-0.15, -0.1) is 24.8 Å². The summed E-state index contributed by atoms with van der Waals surface area (Å²) in [6.45, 7) is 2.50. The zero-order valence-electron chi connectivity index (χ0n) is 15.1. The van der Waals surface area contributed by atoms with Crippen LogP contribution in [0, 0.1) is 11.6 Å². The predicted octanol–water partition coefficient (Wildman–Crippen LogP) is 2.40. The molecule has 2 saturated heterocycles. The van der Waals surface area contributed by atoms with Gasteiger partial charge in [-0.2, -0.15) is 0 Å². The number of nitrogens with zero attached hydrogens (tertiary/aromatic N) is 1. The highest BCUT2D eigenvalue weighted by Gasteiger charge is 2.37. The molecule has 3 N–H and O–H groups in total. The molecule has 2 aliphatic heterocycles. The van der Waals surface area contributed by atoms with Gasteiger partial charge in [0.15, 0.2) is 0 Å². The zero-order chi connectivity index (χ0) is 17.9. The van der Waals surface area contributed by atoms with Gasteiger partial charge in [0.05, 0.1) is 5.54 Å². The van der Waals surface area contributed by atoms with Crippen molar-refractivity contribution in [2.75, 3.05) is 26.3 Å². The van der Waals surface area contributed by atoms with Crippen LogP contribution in [0.25, 0.3) is 0 Å². The molecule has 1 atom stereocenters. The molecule has 2 heterocycles.